The highest BCUT2D eigenvalue weighted by Crippen LogP contribution is 2.28. The van der Waals surface area contributed by atoms with Gasteiger partial charge in [-0.15, -0.1) is 10.2 Å². The number of rotatable bonds is 6. The number of benzene rings is 2. The van der Waals surface area contributed by atoms with Crippen molar-refractivity contribution in [3.05, 3.63) is 60.4 Å². The summed E-state index contributed by atoms with van der Waals surface area (Å²) in [4.78, 5) is 12.5. The fourth-order valence-corrected chi connectivity index (χ4v) is 3.41. The molecule has 0 aliphatic carbocycles. The monoisotopic (exact) mass is 370 g/mol. The molecule has 26 heavy (non-hydrogen) atoms. The number of hydrogen-bond acceptors (Lipinski definition) is 4. The highest BCUT2D eigenvalue weighted by atomic mass is 32.2. The van der Waals surface area contributed by atoms with Crippen molar-refractivity contribution in [2.75, 3.05) is 5.32 Å². The lowest BCUT2D eigenvalue weighted by molar-refractivity contribution is -0.115. The number of thioether (sulfide) groups is 1. The molecule has 0 radical (unpaired) electrons. The Morgan fingerprint density at radius 2 is 1.85 bits per heavy atom. The van der Waals surface area contributed by atoms with Gasteiger partial charge in [-0.3, -0.25) is 4.79 Å². The lowest BCUT2D eigenvalue weighted by atomic mass is 10.2. The molecule has 1 atom stereocenters. The molecule has 0 fully saturated rings. The van der Waals surface area contributed by atoms with E-state index in [0.29, 0.717) is 23.0 Å². The van der Waals surface area contributed by atoms with Crippen LogP contribution in [0.15, 0.2) is 59.8 Å². The number of nitrogens with one attached hydrogen (secondary N) is 1. The second kappa shape index (κ2) is 8.14. The van der Waals surface area contributed by atoms with E-state index in [9.17, 15) is 9.18 Å². The minimum atomic E-state index is -0.353. The van der Waals surface area contributed by atoms with Crippen molar-refractivity contribution < 1.29 is 9.18 Å². The predicted octanol–water partition coefficient (Wildman–Crippen LogP) is 4.13. The van der Waals surface area contributed by atoms with Crippen LogP contribution < -0.4 is 5.32 Å². The van der Waals surface area contributed by atoms with Gasteiger partial charge < -0.3 is 9.88 Å². The van der Waals surface area contributed by atoms with Gasteiger partial charge in [0.15, 0.2) is 11.0 Å². The zero-order valence-corrected chi connectivity index (χ0v) is 15.3. The van der Waals surface area contributed by atoms with E-state index in [1.165, 1.54) is 17.8 Å². The summed E-state index contributed by atoms with van der Waals surface area (Å²) in [6, 6.07) is 15.7. The van der Waals surface area contributed by atoms with Gasteiger partial charge >= 0.3 is 0 Å². The smallest absolute Gasteiger partial charge is 0.237 e. The van der Waals surface area contributed by atoms with Gasteiger partial charge in [-0.1, -0.05) is 49.0 Å². The van der Waals surface area contributed by atoms with E-state index in [0.717, 1.165) is 5.69 Å². The van der Waals surface area contributed by atoms with Gasteiger partial charge in [0.1, 0.15) is 5.82 Å². The third kappa shape index (κ3) is 3.94. The Labute approximate surface area is 155 Å². The maximum Gasteiger partial charge on any atom is 0.237 e. The molecular formula is C19H19FN4OS. The molecule has 0 spiro atoms. The Balaban J connectivity index is 1.77. The first-order chi connectivity index (χ1) is 12.6. The fraction of sp³-hybridized carbons (Fsp3) is 0.211. The van der Waals surface area contributed by atoms with Gasteiger partial charge in [0.25, 0.3) is 0 Å². The Morgan fingerprint density at radius 3 is 2.54 bits per heavy atom. The van der Waals surface area contributed by atoms with Gasteiger partial charge in [0, 0.05) is 12.7 Å². The van der Waals surface area contributed by atoms with E-state index in [2.05, 4.69) is 15.5 Å². The largest absolute Gasteiger partial charge is 0.325 e. The van der Waals surface area contributed by atoms with E-state index in [-0.39, 0.29) is 17.0 Å². The molecule has 3 aromatic rings. The molecule has 1 amide bonds. The lowest BCUT2D eigenvalue weighted by Crippen LogP contribution is -2.25. The van der Waals surface area contributed by atoms with Crippen molar-refractivity contribution in [1.82, 2.24) is 14.8 Å². The molecule has 0 aliphatic heterocycles. The second-order valence-corrected chi connectivity index (χ2v) is 6.88. The topological polar surface area (TPSA) is 59.8 Å². The first-order valence-electron chi connectivity index (χ1n) is 8.27. The molecule has 3 rings (SSSR count). The van der Waals surface area contributed by atoms with Crippen molar-refractivity contribution >= 4 is 23.4 Å². The van der Waals surface area contributed by atoms with Crippen LogP contribution in [-0.2, 0) is 11.8 Å². The van der Waals surface area contributed by atoms with Crippen molar-refractivity contribution in [2.45, 2.75) is 23.8 Å². The number of nitrogens with zero attached hydrogens (tertiary/aromatic N) is 3. The summed E-state index contributed by atoms with van der Waals surface area (Å²) in [6.07, 6.45) is 0.630. The van der Waals surface area contributed by atoms with Crippen molar-refractivity contribution in [1.29, 1.82) is 0 Å². The third-order valence-corrected chi connectivity index (χ3v) is 5.30. The van der Waals surface area contributed by atoms with E-state index >= 15 is 0 Å². The van der Waals surface area contributed by atoms with Crippen molar-refractivity contribution in [3.8, 4) is 11.4 Å². The van der Waals surface area contributed by atoms with Crippen LogP contribution in [0.5, 0.6) is 0 Å². The maximum atomic E-state index is 14.0. The average molecular weight is 370 g/mol. The van der Waals surface area contributed by atoms with Crippen LogP contribution in [0.3, 0.4) is 0 Å². The average Bonchev–Trinajstić information content (AvgIpc) is 3.01. The summed E-state index contributed by atoms with van der Waals surface area (Å²) in [5, 5.41) is 11.4. The molecule has 2 aromatic carbocycles. The number of carbonyl (C=O) groups excluding carboxylic acids is 1. The SMILES string of the molecule is CCC(Sc1nnc(-c2ccccc2F)n1C)C(=O)Nc1ccccc1. The first-order valence-corrected chi connectivity index (χ1v) is 9.15. The summed E-state index contributed by atoms with van der Waals surface area (Å²) in [6.45, 7) is 1.94. The number of para-hydroxylation sites is 1. The van der Waals surface area contributed by atoms with E-state index in [1.54, 1.807) is 29.8 Å². The summed E-state index contributed by atoms with van der Waals surface area (Å²) < 4.78 is 15.7. The molecule has 0 bridgehead atoms. The Bertz CT molecular complexity index is 898. The molecule has 1 aromatic heterocycles. The summed E-state index contributed by atoms with van der Waals surface area (Å²) in [5.74, 6) is -0.0172. The number of amides is 1. The highest BCUT2D eigenvalue weighted by Gasteiger charge is 2.22. The van der Waals surface area contributed by atoms with E-state index in [1.807, 2.05) is 37.3 Å². The molecule has 134 valence electrons. The number of halogens is 1. The molecular weight excluding hydrogens is 351 g/mol. The molecule has 7 heteroatoms. The van der Waals surface area contributed by atoms with Crippen LogP contribution in [0, 0.1) is 5.82 Å². The highest BCUT2D eigenvalue weighted by molar-refractivity contribution is 8.00. The van der Waals surface area contributed by atoms with Crippen LogP contribution >= 0.6 is 11.8 Å². The Morgan fingerprint density at radius 1 is 1.15 bits per heavy atom. The molecule has 1 N–H and O–H groups in total. The predicted molar refractivity (Wildman–Crippen MR) is 101 cm³/mol. The lowest BCUT2D eigenvalue weighted by Gasteiger charge is -2.14. The van der Waals surface area contributed by atoms with Gasteiger partial charge in [-0.25, -0.2) is 4.39 Å². The zero-order chi connectivity index (χ0) is 18.5. The quantitative estimate of drug-likeness (QED) is 0.663. The zero-order valence-electron chi connectivity index (χ0n) is 14.5. The molecule has 0 aliphatic rings. The molecule has 5 nitrogen and oxygen atoms in total. The Kier molecular flexibility index (Phi) is 5.68. The second-order valence-electron chi connectivity index (χ2n) is 5.72. The number of aromatic nitrogens is 3. The van der Waals surface area contributed by atoms with E-state index < -0.39 is 0 Å². The van der Waals surface area contributed by atoms with Crippen LogP contribution in [0.1, 0.15) is 13.3 Å². The van der Waals surface area contributed by atoms with Crippen LogP contribution in [0.25, 0.3) is 11.4 Å². The minimum Gasteiger partial charge on any atom is -0.325 e. The van der Waals surface area contributed by atoms with Gasteiger partial charge in [0.05, 0.1) is 10.8 Å². The number of carbonyl (C=O) groups is 1. The normalized spacial score (nSPS) is 12.0. The van der Waals surface area contributed by atoms with Gasteiger partial charge in [-0.05, 0) is 30.7 Å². The molecule has 1 heterocycles. The first kappa shape index (κ1) is 18.1. The van der Waals surface area contributed by atoms with Crippen molar-refractivity contribution in [2.24, 2.45) is 7.05 Å². The van der Waals surface area contributed by atoms with Crippen molar-refractivity contribution in [3.63, 3.8) is 0 Å². The summed E-state index contributed by atoms with van der Waals surface area (Å²) >= 11 is 1.32. The standard InChI is InChI=1S/C19H19FN4OS/c1-3-16(18(25)21-13-9-5-4-6-10-13)26-19-23-22-17(24(19)2)14-11-7-8-12-15(14)20/h4-12,16H,3H2,1-2H3,(H,21,25). The number of anilines is 1. The summed E-state index contributed by atoms with van der Waals surface area (Å²) in [7, 11) is 1.77. The summed E-state index contributed by atoms with van der Waals surface area (Å²) in [5.41, 5.74) is 1.14. The minimum absolute atomic E-state index is 0.0980. The van der Waals surface area contributed by atoms with E-state index in [4.69, 9.17) is 0 Å². The molecule has 0 saturated carbocycles. The van der Waals surface area contributed by atoms with Gasteiger partial charge in [-0.2, -0.15) is 0 Å². The van der Waals surface area contributed by atoms with Crippen LogP contribution in [-0.4, -0.2) is 25.9 Å². The maximum absolute atomic E-state index is 14.0. The third-order valence-electron chi connectivity index (χ3n) is 3.90. The van der Waals surface area contributed by atoms with Crippen LogP contribution in [0.4, 0.5) is 10.1 Å². The van der Waals surface area contributed by atoms with Gasteiger partial charge in [0.2, 0.25) is 5.91 Å². The molecule has 1 unspecified atom stereocenters. The molecule has 0 saturated heterocycles. The number of hydrogen-bond donors (Lipinski definition) is 1. The fourth-order valence-electron chi connectivity index (χ4n) is 2.49. The Hall–Kier alpha value is -2.67. The van der Waals surface area contributed by atoms with Crippen LogP contribution in [0.2, 0.25) is 0 Å².